The predicted octanol–water partition coefficient (Wildman–Crippen LogP) is 4.60. The van der Waals surface area contributed by atoms with Crippen LogP contribution in [0.25, 0.3) is 11.3 Å². The summed E-state index contributed by atoms with van der Waals surface area (Å²) in [6.07, 6.45) is 3.67. The van der Waals surface area contributed by atoms with Gasteiger partial charge in [0.1, 0.15) is 18.2 Å². The zero-order chi connectivity index (χ0) is 22.7. The van der Waals surface area contributed by atoms with Gasteiger partial charge in [0, 0.05) is 42.9 Å². The summed E-state index contributed by atoms with van der Waals surface area (Å²) in [7, 11) is 1.60. The molecular weight excluding hydrogens is 413 g/mol. The number of nitrogens with zero attached hydrogens (tertiary/aromatic N) is 3. The molecule has 0 atom stereocenters. The van der Waals surface area contributed by atoms with Gasteiger partial charge in [0.15, 0.2) is 0 Å². The summed E-state index contributed by atoms with van der Waals surface area (Å²) >= 11 is 0. The van der Waals surface area contributed by atoms with Crippen molar-refractivity contribution < 1.29 is 23.4 Å². The number of carbonyl (C=O) groups excluding carboxylic acids is 1. The van der Waals surface area contributed by atoms with Gasteiger partial charge in [0.25, 0.3) is 0 Å². The molecule has 32 heavy (non-hydrogen) atoms. The molecule has 4 rings (SSSR count). The molecule has 174 valence electrons. The minimum atomic E-state index is -0.356. The molecule has 8 heteroatoms. The number of ether oxygens (including phenoxy) is 3. The lowest BCUT2D eigenvalue weighted by atomic mass is 9.61. The molecule has 1 spiro atoms. The van der Waals surface area contributed by atoms with E-state index < -0.39 is 0 Å². The Balaban J connectivity index is 1.33. The Morgan fingerprint density at radius 1 is 1.22 bits per heavy atom. The van der Waals surface area contributed by atoms with Crippen molar-refractivity contribution in [2.45, 2.75) is 45.6 Å². The first-order chi connectivity index (χ1) is 15.4. The lowest BCUT2D eigenvalue weighted by molar-refractivity contribution is -0.0825. The van der Waals surface area contributed by atoms with Gasteiger partial charge in [-0.25, -0.2) is 9.18 Å². The number of benzene rings is 1. The topological polar surface area (TPSA) is 65.8 Å². The number of hydrogen-bond acceptors (Lipinski definition) is 5. The molecule has 7 nitrogen and oxygen atoms in total. The van der Waals surface area contributed by atoms with Crippen LogP contribution in [-0.4, -0.2) is 60.8 Å². The SMILES string of the molecule is CCCCOC(=O)N1CC2(CC(n3nc(-c4ccc(OCCOC)cc4F)cc3C)C2)C1. The lowest BCUT2D eigenvalue weighted by Crippen LogP contribution is -2.64. The summed E-state index contributed by atoms with van der Waals surface area (Å²) < 4.78 is 32.4. The highest BCUT2D eigenvalue weighted by atomic mass is 19.1. The zero-order valence-corrected chi connectivity index (χ0v) is 19.1. The van der Waals surface area contributed by atoms with Crippen LogP contribution in [-0.2, 0) is 9.47 Å². The molecule has 1 saturated carbocycles. The van der Waals surface area contributed by atoms with Gasteiger partial charge in [-0.05, 0) is 44.4 Å². The minimum absolute atomic E-state index is 0.180. The Morgan fingerprint density at radius 3 is 2.69 bits per heavy atom. The summed E-state index contributed by atoms with van der Waals surface area (Å²) in [5, 5.41) is 4.71. The number of aromatic nitrogens is 2. The quantitative estimate of drug-likeness (QED) is 0.528. The highest BCUT2D eigenvalue weighted by Gasteiger charge is 2.55. The van der Waals surface area contributed by atoms with Gasteiger partial charge >= 0.3 is 6.09 Å². The van der Waals surface area contributed by atoms with Crippen LogP contribution in [0, 0.1) is 18.2 Å². The van der Waals surface area contributed by atoms with Gasteiger partial charge in [-0.1, -0.05) is 13.3 Å². The maximum atomic E-state index is 14.7. The van der Waals surface area contributed by atoms with E-state index in [0.717, 1.165) is 44.5 Å². The van der Waals surface area contributed by atoms with Crippen molar-refractivity contribution in [1.82, 2.24) is 14.7 Å². The summed E-state index contributed by atoms with van der Waals surface area (Å²) in [6.45, 7) is 6.90. The van der Waals surface area contributed by atoms with Crippen LogP contribution in [0.5, 0.6) is 5.75 Å². The molecule has 1 aliphatic heterocycles. The molecule has 1 amide bonds. The second kappa shape index (κ2) is 9.48. The zero-order valence-electron chi connectivity index (χ0n) is 19.1. The molecule has 2 aliphatic rings. The van der Waals surface area contributed by atoms with Crippen molar-refractivity contribution in [1.29, 1.82) is 0 Å². The Labute approximate surface area is 188 Å². The summed E-state index contributed by atoms with van der Waals surface area (Å²) in [5.74, 6) is 0.119. The van der Waals surface area contributed by atoms with Gasteiger partial charge < -0.3 is 19.1 Å². The standard InChI is InChI=1S/C24H32FN3O4/c1-4-5-8-32-23(29)27-15-24(16-27)13-18(14-24)28-17(2)11-22(26-28)20-7-6-19(12-21(20)25)31-10-9-30-3/h6-7,11-12,18H,4-5,8-10,13-16H2,1-3H3. The van der Waals surface area contributed by atoms with E-state index >= 15 is 0 Å². The first-order valence-electron chi connectivity index (χ1n) is 11.3. The smallest absolute Gasteiger partial charge is 0.409 e. The molecule has 1 aliphatic carbocycles. The van der Waals surface area contributed by atoms with Gasteiger partial charge in [0.2, 0.25) is 0 Å². The van der Waals surface area contributed by atoms with Crippen molar-refractivity contribution >= 4 is 6.09 Å². The fourth-order valence-corrected chi connectivity index (χ4v) is 4.68. The van der Waals surface area contributed by atoms with E-state index in [1.807, 2.05) is 17.7 Å². The highest BCUT2D eigenvalue weighted by molar-refractivity contribution is 5.69. The van der Waals surface area contributed by atoms with Gasteiger partial charge in [0.05, 0.1) is 24.9 Å². The number of unbranched alkanes of at least 4 members (excludes halogenated alkanes) is 1. The van der Waals surface area contributed by atoms with E-state index in [0.29, 0.717) is 36.8 Å². The number of carbonyl (C=O) groups is 1. The van der Waals surface area contributed by atoms with Crippen molar-refractivity contribution in [3.8, 4) is 17.0 Å². The summed E-state index contributed by atoms with van der Waals surface area (Å²) in [5.41, 5.74) is 2.28. The Hall–Kier alpha value is -2.61. The van der Waals surface area contributed by atoms with E-state index in [-0.39, 0.29) is 23.4 Å². The van der Waals surface area contributed by atoms with Crippen LogP contribution >= 0.6 is 0 Å². The Kier molecular flexibility index (Phi) is 6.69. The third-order valence-corrected chi connectivity index (χ3v) is 6.41. The fraction of sp³-hybridized carbons (Fsp3) is 0.583. The third-order valence-electron chi connectivity index (χ3n) is 6.41. The maximum Gasteiger partial charge on any atom is 0.409 e. The van der Waals surface area contributed by atoms with Crippen LogP contribution < -0.4 is 4.74 Å². The molecule has 2 fully saturated rings. The average Bonchev–Trinajstić information content (AvgIpc) is 3.07. The first kappa shape index (κ1) is 22.6. The van der Waals surface area contributed by atoms with Gasteiger partial charge in [-0.2, -0.15) is 5.10 Å². The van der Waals surface area contributed by atoms with Crippen LogP contribution in [0.3, 0.4) is 0 Å². The van der Waals surface area contributed by atoms with Crippen molar-refractivity contribution in [2.75, 3.05) is 40.0 Å². The van der Waals surface area contributed by atoms with Gasteiger partial charge in [-0.3, -0.25) is 4.68 Å². The predicted molar refractivity (Wildman–Crippen MR) is 118 cm³/mol. The van der Waals surface area contributed by atoms with Crippen LogP contribution in [0.15, 0.2) is 24.3 Å². The highest BCUT2D eigenvalue weighted by Crippen LogP contribution is 2.54. The summed E-state index contributed by atoms with van der Waals surface area (Å²) in [6, 6.07) is 7.05. The van der Waals surface area contributed by atoms with E-state index in [1.165, 1.54) is 6.07 Å². The van der Waals surface area contributed by atoms with E-state index in [2.05, 4.69) is 6.92 Å². The second-order valence-electron chi connectivity index (χ2n) is 8.98. The normalized spacial score (nSPS) is 17.2. The van der Waals surface area contributed by atoms with E-state index in [1.54, 1.807) is 24.1 Å². The first-order valence-corrected chi connectivity index (χ1v) is 11.3. The molecule has 1 aromatic heterocycles. The summed E-state index contributed by atoms with van der Waals surface area (Å²) in [4.78, 5) is 13.8. The Morgan fingerprint density at radius 2 is 2.00 bits per heavy atom. The number of likely N-dealkylation sites (tertiary alicyclic amines) is 1. The molecule has 1 aromatic carbocycles. The average molecular weight is 446 g/mol. The number of hydrogen-bond donors (Lipinski definition) is 0. The Bertz CT molecular complexity index is 947. The van der Waals surface area contributed by atoms with Gasteiger partial charge in [-0.15, -0.1) is 0 Å². The van der Waals surface area contributed by atoms with Crippen molar-refractivity contribution in [2.24, 2.45) is 5.41 Å². The largest absolute Gasteiger partial charge is 0.491 e. The molecule has 0 unspecified atom stereocenters. The molecule has 0 bridgehead atoms. The third kappa shape index (κ3) is 4.60. The van der Waals surface area contributed by atoms with Crippen molar-refractivity contribution in [3.05, 3.63) is 35.8 Å². The molecule has 2 heterocycles. The molecule has 0 N–H and O–H groups in total. The number of amides is 1. The van der Waals surface area contributed by atoms with Crippen LogP contribution in [0.1, 0.15) is 44.3 Å². The minimum Gasteiger partial charge on any atom is -0.491 e. The molecule has 1 saturated heterocycles. The van der Waals surface area contributed by atoms with Crippen LogP contribution in [0.2, 0.25) is 0 Å². The fourth-order valence-electron chi connectivity index (χ4n) is 4.68. The van der Waals surface area contributed by atoms with E-state index in [4.69, 9.17) is 19.3 Å². The monoisotopic (exact) mass is 445 g/mol. The second-order valence-corrected chi connectivity index (χ2v) is 8.98. The number of aryl methyl sites for hydroxylation is 1. The van der Waals surface area contributed by atoms with E-state index in [9.17, 15) is 9.18 Å². The lowest BCUT2D eigenvalue weighted by Gasteiger charge is -2.58. The molecule has 2 aromatic rings. The number of rotatable bonds is 9. The molecular formula is C24H32FN3O4. The van der Waals surface area contributed by atoms with Crippen molar-refractivity contribution in [3.63, 3.8) is 0 Å². The number of methoxy groups -OCH3 is 1. The molecule has 0 radical (unpaired) electrons. The van der Waals surface area contributed by atoms with Crippen LogP contribution in [0.4, 0.5) is 9.18 Å². The maximum absolute atomic E-state index is 14.7. The number of halogens is 1.